The van der Waals surface area contributed by atoms with Gasteiger partial charge in [0.25, 0.3) is 0 Å². The fourth-order valence-corrected chi connectivity index (χ4v) is 1.99. The number of carbonyl (C=O) groups excluding carboxylic acids is 1. The predicted octanol–water partition coefficient (Wildman–Crippen LogP) is 2.95. The number of nitrogens with one attached hydrogen (secondary N) is 2. The molecule has 2 atom stereocenters. The van der Waals surface area contributed by atoms with Crippen molar-refractivity contribution < 1.29 is 4.79 Å². The predicted molar refractivity (Wildman–Crippen MR) is 84.4 cm³/mol. The summed E-state index contributed by atoms with van der Waals surface area (Å²) in [6.45, 7) is 3.94. The maximum Gasteiger partial charge on any atom is 0.243 e. The van der Waals surface area contributed by atoms with Gasteiger partial charge >= 0.3 is 0 Å². The number of amides is 1. The lowest BCUT2D eigenvalue weighted by atomic mass is 10.00. The van der Waals surface area contributed by atoms with Gasteiger partial charge in [-0.2, -0.15) is 0 Å². The molecule has 0 bridgehead atoms. The summed E-state index contributed by atoms with van der Waals surface area (Å²) in [5.41, 5.74) is 7.28. The molecule has 0 fully saturated rings. The number of imidazole rings is 1. The first kappa shape index (κ1) is 16.8. The third-order valence-corrected chi connectivity index (χ3v) is 3.57. The first-order chi connectivity index (χ1) is 9.02. The van der Waals surface area contributed by atoms with Crippen LogP contribution >= 0.6 is 24.0 Å². The average Bonchev–Trinajstić information content (AvgIpc) is 2.80. The Bertz CT molecular complexity index is 599. The quantitative estimate of drug-likeness (QED) is 0.810. The molecule has 1 heterocycles. The lowest BCUT2D eigenvalue weighted by Crippen LogP contribution is -2.40. The minimum Gasteiger partial charge on any atom is -0.324 e. The number of benzene rings is 1. The number of halogens is 2. The number of rotatable bonds is 4. The van der Waals surface area contributed by atoms with Crippen molar-refractivity contribution in [2.24, 2.45) is 11.7 Å². The van der Waals surface area contributed by atoms with Gasteiger partial charge in [-0.1, -0.05) is 37.9 Å². The third kappa shape index (κ3) is 3.42. The Morgan fingerprint density at radius 2 is 2.25 bits per heavy atom. The highest BCUT2D eigenvalue weighted by Gasteiger charge is 2.20. The van der Waals surface area contributed by atoms with E-state index in [1.807, 2.05) is 26.0 Å². The molecule has 0 radical (unpaired) electrons. The van der Waals surface area contributed by atoms with E-state index in [2.05, 4.69) is 15.3 Å². The Kier molecular flexibility index (Phi) is 5.80. The molecule has 0 saturated heterocycles. The molecule has 2 unspecified atom stereocenters. The van der Waals surface area contributed by atoms with E-state index in [1.165, 1.54) is 0 Å². The number of carbonyl (C=O) groups is 1. The SMILES string of the molecule is CCC(C)C(N)C(=O)Nc1nc2c(Cl)cccc2[nH]1.Cl. The van der Waals surface area contributed by atoms with Crippen molar-refractivity contribution in [1.29, 1.82) is 0 Å². The first-order valence-corrected chi connectivity index (χ1v) is 6.61. The van der Waals surface area contributed by atoms with E-state index in [1.54, 1.807) is 6.07 Å². The molecule has 2 rings (SSSR count). The average molecular weight is 317 g/mol. The number of nitrogens with zero attached hydrogens (tertiary/aromatic N) is 1. The molecule has 0 aliphatic rings. The fourth-order valence-electron chi connectivity index (χ4n) is 1.77. The zero-order valence-corrected chi connectivity index (χ0v) is 12.9. The van der Waals surface area contributed by atoms with Crippen molar-refractivity contribution in [2.75, 3.05) is 5.32 Å². The van der Waals surface area contributed by atoms with E-state index in [-0.39, 0.29) is 24.2 Å². The Hall–Kier alpha value is -1.30. The van der Waals surface area contributed by atoms with E-state index in [0.717, 1.165) is 11.9 Å². The summed E-state index contributed by atoms with van der Waals surface area (Å²) in [5, 5.41) is 3.23. The van der Waals surface area contributed by atoms with Crippen LogP contribution < -0.4 is 11.1 Å². The van der Waals surface area contributed by atoms with Crippen LogP contribution in [0.15, 0.2) is 18.2 Å². The summed E-state index contributed by atoms with van der Waals surface area (Å²) in [4.78, 5) is 19.2. The molecule has 1 aromatic carbocycles. The molecule has 0 spiro atoms. The molecule has 20 heavy (non-hydrogen) atoms. The van der Waals surface area contributed by atoms with Crippen LogP contribution in [0.25, 0.3) is 11.0 Å². The minimum atomic E-state index is -0.548. The van der Waals surface area contributed by atoms with Gasteiger partial charge in [0.15, 0.2) is 0 Å². The summed E-state index contributed by atoms with van der Waals surface area (Å²) >= 11 is 6.02. The minimum absolute atomic E-state index is 0. The Morgan fingerprint density at radius 3 is 2.85 bits per heavy atom. The maximum atomic E-state index is 11.9. The molecule has 1 aromatic heterocycles. The number of para-hydroxylation sites is 1. The highest BCUT2D eigenvalue weighted by atomic mass is 35.5. The summed E-state index contributed by atoms with van der Waals surface area (Å²) in [5.74, 6) is 0.240. The van der Waals surface area contributed by atoms with Crippen LogP contribution in [-0.2, 0) is 4.79 Å². The standard InChI is InChI=1S/C13H17ClN4O.ClH/c1-3-7(2)10(15)12(19)18-13-16-9-6-4-5-8(14)11(9)17-13;/h4-7,10H,3,15H2,1-2H3,(H2,16,17,18,19);1H. The summed E-state index contributed by atoms with van der Waals surface area (Å²) in [6, 6.07) is 4.87. The highest BCUT2D eigenvalue weighted by molar-refractivity contribution is 6.35. The zero-order chi connectivity index (χ0) is 14.0. The number of hydrogen-bond donors (Lipinski definition) is 3. The number of anilines is 1. The molecular weight excluding hydrogens is 299 g/mol. The van der Waals surface area contributed by atoms with E-state index in [9.17, 15) is 4.79 Å². The summed E-state index contributed by atoms with van der Waals surface area (Å²) in [6.07, 6.45) is 0.848. The molecular formula is C13H18Cl2N4O. The van der Waals surface area contributed by atoms with E-state index in [0.29, 0.717) is 16.5 Å². The van der Waals surface area contributed by atoms with Gasteiger partial charge in [-0.15, -0.1) is 12.4 Å². The van der Waals surface area contributed by atoms with Gasteiger partial charge in [-0.25, -0.2) is 4.98 Å². The van der Waals surface area contributed by atoms with Gasteiger partial charge in [0.05, 0.1) is 16.6 Å². The van der Waals surface area contributed by atoms with Crippen molar-refractivity contribution in [2.45, 2.75) is 26.3 Å². The maximum absolute atomic E-state index is 11.9. The second kappa shape index (κ2) is 6.92. The van der Waals surface area contributed by atoms with Crippen molar-refractivity contribution in [3.8, 4) is 0 Å². The number of hydrogen-bond acceptors (Lipinski definition) is 3. The van der Waals surface area contributed by atoms with Crippen molar-refractivity contribution >= 4 is 46.9 Å². The van der Waals surface area contributed by atoms with Crippen LogP contribution in [0.2, 0.25) is 5.02 Å². The fraction of sp³-hybridized carbons (Fsp3) is 0.385. The normalized spacial score (nSPS) is 13.6. The van der Waals surface area contributed by atoms with Gasteiger partial charge in [-0.05, 0) is 18.1 Å². The number of aromatic nitrogens is 2. The van der Waals surface area contributed by atoms with E-state index >= 15 is 0 Å². The second-order valence-corrected chi connectivity index (χ2v) is 5.03. The zero-order valence-electron chi connectivity index (χ0n) is 11.3. The van der Waals surface area contributed by atoms with Crippen molar-refractivity contribution in [3.63, 3.8) is 0 Å². The van der Waals surface area contributed by atoms with Crippen LogP contribution in [0.4, 0.5) is 5.95 Å². The molecule has 0 saturated carbocycles. The molecule has 110 valence electrons. The summed E-state index contributed by atoms with van der Waals surface area (Å²) < 4.78 is 0. The number of nitrogens with two attached hydrogens (primary N) is 1. The lowest BCUT2D eigenvalue weighted by Gasteiger charge is -2.16. The molecule has 2 aromatic rings. The van der Waals surface area contributed by atoms with Gasteiger partial charge < -0.3 is 10.7 Å². The molecule has 0 aliphatic heterocycles. The van der Waals surface area contributed by atoms with Crippen molar-refractivity contribution in [3.05, 3.63) is 23.2 Å². The first-order valence-electron chi connectivity index (χ1n) is 6.23. The Morgan fingerprint density at radius 1 is 1.55 bits per heavy atom. The lowest BCUT2D eigenvalue weighted by molar-refractivity contribution is -0.118. The van der Waals surface area contributed by atoms with Crippen LogP contribution in [0, 0.1) is 5.92 Å². The Labute approximate surface area is 128 Å². The van der Waals surface area contributed by atoms with Gasteiger partial charge in [0.1, 0.15) is 5.52 Å². The number of aromatic amines is 1. The van der Waals surface area contributed by atoms with Crippen LogP contribution in [0.5, 0.6) is 0 Å². The van der Waals surface area contributed by atoms with Gasteiger partial charge in [0.2, 0.25) is 11.9 Å². The molecule has 0 aliphatic carbocycles. The second-order valence-electron chi connectivity index (χ2n) is 4.62. The Balaban J connectivity index is 0.00000200. The monoisotopic (exact) mass is 316 g/mol. The van der Waals surface area contributed by atoms with Crippen LogP contribution in [0.3, 0.4) is 0 Å². The molecule has 4 N–H and O–H groups in total. The summed E-state index contributed by atoms with van der Waals surface area (Å²) in [7, 11) is 0. The molecule has 5 nitrogen and oxygen atoms in total. The number of fused-ring (bicyclic) bond motifs is 1. The molecule has 7 heteroatoms. The van der Waals surface area contributed by atoms with Gasteiger partial charge in [0, 0.05) is 0 Å². The van der Waals surface area contributed by atoms with Crippen LogP contribution in [0.1, 0.15) is 20.3 Å². The molecule has 1 amide bonds. The van der Waals surface area contributed by atoms with E-state index in [4.69, 9.17) is 17.3 Å². The van der Waals surface area contributed by atoms with Crippen LogP contribution in [-0.4, -0.2) is 21.9 Å². The largest absolute Gasteiger partial charge is 0.324 e. The topological polar surface area (TPSA) is 83.8 Å². The highest BCUT2D eigenvalue weighted by Crippen LogP contribution is 2.22. The van der Waals surface area contributed by atoms with Gasteiger partial charge in [-0.3, -0.25) is 10.1 Å². The number of H-pyrrole nitrogens is 1. The van der Waals surface area contributed by atoms with Crippen molar-refractivity contribution in [1.82, 2.24) is 9.97 Å². The van der Waals surface area contributed by atoms with E-state index < -0.39 is 6.04 Å². The smallest absolute Gasteiger partial charge is 0.243 e. The third-order valence-electron chi connectivity index (χ3n) is 3.26.